The Hall–Kier alpha value is -2.56. The fourth-order valence-corrected chi connectivity index (χ4v) is 3.96. The molecule has 142 valence electrons. The molecular weight excluding hydrogens is 336 g/mol. The third kappa shape index (κ3) is 4.41. The number of rotatable bonds is 4. The van der Waals surface area contributed by atoms with Gasteiger partial charge in [-0.3, -0.25) is 0 Å². The first kappa shape index (κ1) is 17.8. The van der Waals surface area contributed by atoms with Crippen molar-refractivity contribution in [3.05, 3.63) is 58.8 Å². The highest BCUT2D eigenvalue weighted by Crippen LogP contribution is 2.20. The van der Waals surface area contributed by atoms with E-state index in [4.69, 9.17) is 4.98 Å². The van der Waals surface area contributed by atoms with Gasteiger partial charge >= 0.3 is 6.03 Å². The van der Waals surface area contributed by atoms with Crippen molar-refractivity contribution in [3.8, 4) is 0 Å². The van der Waals surface area contributed by atoms with Crippen LogP contribution in [0.3, 0.4) is 0 Å². The average molecular weight is 364 g/mol. The molecule has 4 rings (SSSR count). The Morgan fingerprint density at radius 3 is 2.85 bits per heavy atom. The highest BCUT2D eigenvalue weighted by atomic mass is 16.2. The van der Waals surface area contributed by atoms with E-state index < -0.39 is 0 Å². The van der Waals surface area contributed by atoms with Crippen LogP contribution >= 0.6 is 0 Å². The Morgan fingerprint density at radius 2 is 1.93 bits per heavy atom. The lowest BCUT2D eigenvalue weighted by molar-refractivity contribution is 0.196. The normalized spacial score (nSPS) is 15.9. The van der Waals surface area contributed by atoms with Crippen molar-refractivity contribution in [1.29, 1.82) is 0 Å². The van der Waals surface area contributed by atoms with Gasteiger partial charge in [0.15, 0.2) is 0 Å². The molecule has 2 aliphatic rings. The summed E-state index contributed by atoms with van der Waals surface area (Å²) in [6, 6.07) is 12.8. The summed E-state index contributed by atoms with van der Waals surface area (Å²) < 4.78 is 0. The molecule has 0 fully saturated rings. The van der Waals surface area contributed by atoms with Crippen LogP contribution in [0.5, 0.6) is 0 Å². The molecule has 27 heavy (non-hydrogen) atoms. The number of benzene rings is 1. The molecule has 0 unspecified atom stereocenters. The summed E-state index contributed by atoms with van der Waals surface area (Å²) in [6.07, 6.45) is 6.17. The van der Waals surface area contributed by atoms with Gasteiger partial charge in [0.25, 0.3) is 0 Å². The minimum absolute atomic E-state index is 0.0479. The maximum Gasteiger partial charge on any atom is 0.317 e. The summed E-state index contributed by atoms with van der Waals surface area (Å²) in [7, 11) is 0. The van der Waals surface area contributed by atoms with Gasteiger partial charge in [0.1, 0.15) is 5.82 Å². The van der Waals surface area contributed by atoms with Crippen molar-refractivity contribution < 1.29 is 4.79 Å². The predicted octanol–water partition coefficient (Wildman–Crippen LogP) is 3.53. The van der Waals surface area contributed by atoms with Crippen molar-refractivity contribution in [2.24, 2.45) is 0 Å². The molecule has 0 spiro atoms. The zero-order valence-corrected chi connectivity index (χ0v) is 15.8. The van der Waals surface area contributed by atoms with Crippen molar-refractivity contribution in [1.82, 2.24) is 15.2 Å². The minimum atomic E-state index is 0.0479. The van der Waals surface area contributed by atoms with E-state index in [-0.39, 0.29) is 6.03 Å². The van der Waals surface area contributed by atoms with E-state index in [1.807, 2.05) is 4.90 Å². The zero-order valence-electron chi connectivity index (χ0n) is 15.8. The first-order chi connectivity index (χ1) is 13.3. The molecule has 2 aromatic rings. The van der Waals surface area contributed by atoms with Gasteiger partial charge in [-0.2, -0.15) is 0 Å². The lowest BCUT2D eigenvalue weighted by Gasteiger charge is -2.21. The summed E-state index contributed by atoms with van der Waals surface area (Å²) in [5.74, 6) is 1.05. The number of anilines is 1. The molecule has 0 bridgehead atoms. The molecule has 5 nitrogen and oxygen atoms in total. The molecule has 0 saturated carbocycles. The average Bonchev–Trinajstić information content (AvgIpc) is 2.93. The molecule has 2 aliphatic heterocycles. The number of amides is 2. The Bertz CT molecular complexity index is 805. The van der Waals surface area contributed by atoms with Gasteiger partial charge in [0, 0.05) is 31.9 Å². The topological polar surface area (TPSA) is 57.3 Å². The number of nitrogens with zero attached hydrogens (tertiary/aromatic N) is 2. The van der Waals surface area contributed by atoms with Crippen LogP contribution in [0.15, 0.2) is 36.4 Å². The SMILES string of the molecule is O=C(NCCCc1ccc2c(n1)NCCC2)N1CCCc2ccccc2C1. The molecule has 0 atom stereocenters. The van der Waals surface area contributed by atoms with E-state index in [9.17, 15) is 4.79 Å². The van der Waals surface area contributed by atoms with Crippen molar-refractivity contribution >= 4 is 11.8 Å². The lowest BCUT2D eigenvalue weighted by atomic mass is 10.0. The third-order valence-electron chi connectivity index (χ3n) is 5.48. The molecule has 0 aliphatic carbocycles. The predicted molar refractivity (Wildman–Crippen MR) is 108 cm³/mol. The number of carbonyl (C=O) groups excluding carboxylic acids is 1. The van der Waals surface area contributed by atoms with Crippen molar-refractivity contribution in [2.75, 3.05) is 25.0 Å². The first-order valence-electron chi connectivity index (χ1n) is 10.1. The number of pyridine rings is 1. The van der Waals surface area contributed by atoms with Crippen LogP contribution in [0.2, 0.25) is 0 Å². The number of carbonyl (C=O) groups is 1. The van der Waals surface area contributed by atoms with E-state index in [1.165, 1.54) is 23.1 Å². The van der Waals surface area contributed by atoms with Gasteiger partial charge in [-0.1, -0.05) is 30.3 Å². The minimum Gasteiger partial charge on any atom is -0.370 e. The number of aromatic nitrogens is 1. The summed E-state index contributed by atoms with van der Waals surface area (Å²) in [5.41, 5.74) is 5.07. The third-order valence-corrected chi connectivity index (χ3v) is 5.48. The fraction of sp³-hybridized carbons (Fsp3) is 0.455. The summed E-state index contributed by atoms with van der Waals surface area (Å²) in [6.45, 7) is 3.22. The second-order valence-electron chi connectivity index (χ2n) is 7.47. The summed E-state index contributed by atoms with van der Waals surface area (Å²) in [4.78, 5) is 19.2. The van der Waals surface area contributed by atoms with E-state index in [0.717, 1.165) is 56.7 Å². The molecule has 5 heteroatoms. The van der Waals surface area contributed by atoms with Crippen LogP contribution in [0.25, 0.3) is 0 Å². The highest BCUT2D eigenvalue weighted by molar-refractivity contribution is 5.74. The molecule has 2 amide bonds. The second-order valence-corrected chi connectivity index (χ2v) is 7.47. The number of hydrogen-bond donors (Lipinski definition) is 2. The molecule has 0 saturated heterocycles. The van der Waals surface area contributed by atoms with E-state index >= 15 is 0 Å². The van der Waals surface area contributed by atoms with Gasteiger partial charge in [-0.15, -0.1) is 0 Å². The molecule has 2 N–H and O–H groups in total. The van der Waals surface area contributed by atoms with Gasteiger partial charge in [-0.25, -0.2) is 9.78 Å². The number of fused-ring (bicyclic) bond motifs is 2. The van der Waals surface area contributed by atoms with Crippen molar-refractivity contribution in [3.63, 3.8) is 0 Å². The highest BCUT2D eigenvalue weighted by Gasteiger charge is 2.18. The van der Waals surface area contributed by atoms with E-state index in [0.29, 0.717) is 13.1 Å². The Balaban J connectivity index is 1.25. The van der Waals surface area contributed by atoms with Crippen molar-refractivity contribution in [2.45, 2.75) is 45.1 Å². The van der Waals surface area contributed by atoms with Crippen LogP contribution in [0.1, 0.15) is 41.6 Å². The second kappa shape index (κ2) is 8.42. The first-order valence-corrected chi connectivity index (χ1v) is 10.1. The smallest absolute Gasteiger partial charge is 0.317 e. The van der Waals surface area contributed by atoms with Crippen LogP contribution in [-0.4, -0.2) is 35.5 Å². The molecule has 3 heterocycles. The Labute approximate surface area is 161 Å². The summed E-state index contributed by atoms with van der Waals surface area (Å²) in [5, 5.41) is 6.47. The maximum absolute atomic E-state index is 12.6. The lowest BCUT2D eigenvalue weighted by Crippen LogP contribution is -2.40. The van der Waals surface area contributed by atoms with E-state index in [1.54, 1.807) is 0 Å². The van der Waals surface area contributed by atoms with Crippen LogP contribution in [0.4, 0.5) is 10.6 Å². The molecule has 0 radical (unpaired) electrons. The quantitative estimate of drug-likeness (QED) is 0.816. The number of aryl methyl sites for hydroxylation is 3. The largest absolute Gasteiger partial charge is 0.370 e. The number of urea groups is 1. The molecule has 1 aromatic heterocycles. The summed E-state index contributed by atoms with van der Waals surface area (Å²) >= 11 is 0. The monoisotopic (exact) mass is 364 g/mol. The van der Waals surface area contributed by atoms with Crippen LogP contribution in [-0.2, 0) is 25.8 Å². The Morgan fingerprint density at radius 1 is 1.07 bits per heavy atom. The van der Waals surface area contributed by atoms with Gasteiger partial charge < -0.3 is 15.5 Å². The number of nitrogens with one attached hydrogen (secondary N) is 2. The molecular formula is C22H28N4O. The van der Waals surface area contributed by atoms with Gasteiger partial charge in [0.2, 0.25) is 0 Å². The van der Waals surface area contributed by atoms with Crippen LogP contribution < -0.4 is 10.6 Å². The maximum atomic E-state index is 12.6. The Kier molecular flexibility index (Phi) is 5.56. The van der Waals surface area contributed by atoms with E-state index in [2.05, 4.69) is 47.0 Å². The fourth-order valence-electron chi connectivity index (χ4n) is 3.96. The van der Waals surface area contributed by atoms with Gasteiger partial charge in [0.05, 0.1) is 0 Å². The molecule has 1 aromatic carbocycles. The van der Waals surface area contributed by atoms with Crippen LogP contribution in [0, 0.1) is 0 Å². The standard InChI is InChI=1S/C22H28N4O/c27-22(26-15-5-9-17-6-1-2-7-19(17)16-26)24-14-4-10-20-12-11-18-8-3-13-23-21(18)25-20/h1-2,6-7,11-12H,3-5,8-10,13-16H2,(H,23,25)(H,24,27). The van der Waals surface area contributed by atoms with Gasteiger partial charge in [-0.05, 0) is 61.3 Å². The number of hydrogen-bond acceptors (Lipinski definition) is 3. The zero-order chi connectivity index (χ0) is 18.5.